The number of hydrogen-bond acceptors (Lipinski definition) is 4. The van der Waals surface area contributed by atoms with Gasteiger partial charge in [-0.25, -0.2) is 13.1 Å². The minimum absolute atomic E-state index is 0.0726. The molecule has 0 bridgehead atoms. The Morgan fingerprint density at radius 2 is 2.00 bits per heavy atom. The Morgan fingerprint density at radius 1 is 1.41 bits per heavy atom. The highest BCUT2D eigenvalue weighted by atomic mass is 35.5. The zero-order chi connectivity index (χ0) is 12.9. The largest absolute Gasteiger partial charge is 0.389 e. The van der Waals surface area contributed by atoms with E-state index in [2.05, 4.69) is 9.46 Å². The van der Waals surface area contributed by atoms with Gasteiger partial charge >= 0.3 is 0 Å². The highest BCUT2D eigenvalue weighted by molar-refractivity contribution is 7.89. The number of benzene rings is 1. The molecule has 0 heterocycles. The molecule has 1 unspecified atom stereocenters. The number of sulfonamides is 1. The lowest BCUT2D eigenvalue weighted by Crippen LogP contribution is -2.34. The molecule has 0 radical (unpaired) electrons. The van der Waals surface area contributed by atoms with Crippen LogP contribution in [0.1, 0.15) is 0 Å². The first-order chi connectivity index (χ1) is 7.95. The number of ether oxygens (including phenoxy) is 1. The molecule has 1 rings (SSSR count). The number of aliphatic hydroxyl groups is 1. The van der Waals surface area contributed by atoms with E-state index in [4.69, 9.17) is 11.6 Å². The van der Waals surface area contributed by atoms with Gasteiger partial charge in [0, 0.05) is 18.7 Å². The van der Waals surface area contributed by atoms with Crippen molar-refractivity contribution in [3.8, 4) is 0 Å². The minimum atomic E-state index is -3.61. The fourth-order valence-electron chi connectivity index (χ4n) is 1.15. The normalized spacial score (nSPS) is 13.6. The molecule has 17 heavy (non-hydrogen) atoms. The van der Waals surface area contributed by atoms with E-state index in [1.165, 1.54) is 31.4 Å². The SMILES string of the molecule is COCC(O)CNS(=O)(=O)c1ccc(Cl)cc1. The summed E-state index contributed by atoms with van der Waals surface area (Å²) in [6, 6.07) is 5.77. The molecule has 0 spiro atoms. The fourth-order valence-corrected chi connectivity index (χ4v) is 2.35. The number of nitrogens with one attached hydrogen (secondary N) is 1. The van der Waals surface area contributed by atoms with Crippen molar-refractivity contribution in [2.24, 2.45) is 0 Å². The van der Waals surface area contributed by atoms with Crippen molar-refractivity contribution >= 4 is 21.6 Å². The highest BCUT2D eigenvalue weighted by Crippen LogP contribution is 2.13. The van der Waals surface area contributed by atoms with E-state index in [1.54, 1.807) is 0 Å². The van der Waals surface area contributed by atoms with Crippen LogP contribution in [0.4, 0.5) is 0 Å². The van der Waals surface area contributed by atoms with E-state index in [0.29, 0.717) is 5.02 Å². The molecule has 0 saturated heterocycles. The lowest BCUT2D eigenvalue weighted by molar-refractivity contribution is 0.0679. The van der Waals surface area contributed by atoms with Crippen LogP contribution in [0.3, 0.4) is 0 Å². The van der Waals surface area contributed by atoms with Crippen LogP contribution in [0.2, 0.25) is 5.02 Å². The highest BCUT2D eigenvalue weighted by Gasteiger charge is 2.15. The molecule has 1 aromatic rings. The molecule has 0 aliphatic rings. The molecule has 0 fully saturated rings. The van der Waals surface area contributed by atoms with Crippen molar-refractivity contribution in [3.05, 3.63) is 29.3 Å². The van der Waals surface area contributed by atoms with Gasteiger partial charge in [-0.1, -0.05) is 11.6 Å². The number of methoxy groups -OCH3 is 1. The van der Waals surface area contributed by atoms with Crippen LogP contribution in [-0.2, 0) is 14.8 Å². The van der Waals surface area contributed by atoms with Crippen LogP contribution in [0.25, 0.3) is 0 Å². The Morgan fingerprint density at radius 3 is 2.53 bits per heavy atom. The second kappa shape index (κ2) is 6.32. The first-order valence-electron chi connectivity index (χ1n) is 4.88. The molecule has 7 heteroatoms. The predicted octanol–water partition coefficient (Wildman–Crippen LogP) is 0.626. The quantitative estimate of drug-likeness (QED) is 0.801. The maximum Gasteiger partial charge on any atom is 0.240 e. The third-order valence-electron chi connectivity index (χ3n) is 1.99. The molecule has 2 N–H and O–H groups in total. The smallest absolute Gasteiger partial charge is 0.240 e. The lowest BCUT2D eigenvalue weighted by Gasteiger charge is -2.11. The van der Waals surface area contributed by atoms with Crippen LogP contribution in [0, 0.1) is 0 Å². The first kappa shape index (κ1) is 14.4. The molecule has 96 valence electrons. The van der Waals surface area contributed by atoms with Crippen LogP contribution in [0.5, 0.6) is 0 Å². The van der Waals surface area contributed by atoms with Gasteiger partial charge in [-0.2, -0.15) is 0 Å². The Kier molecular flexibility index (Phi) is 5.35. The zero-order valence-corrected chi connectivity index (χ0v) is 10.8. The number of rotatable bonds is 6. The summed E-state index contributed by atoms with van der Waals surface area (Å²) in [7, 11) is -2.19. The van der Waals surface area contributed by atoms with Crippen LogP contribution >= 0.6 is 11.6 Å². The van der Waals surface area contributed by atoms with Crippen molar-refractivity contribution < 1.29 is 18.3 Å². The third-order valence-corrected chi connectivity index (χ3v) is 3.68. The Bertz CT molecular complexity index is 446. The van der Waals surface area contributed by atoms with Crippen molar-refractivity contribution in [2.75, 3.05) is 20.3 Å². The standard InChI is InChI=1S/C10H14ClNO4S/c1-16-7-9(13)6-12-17(14,15)10-4-2-8(11)3-5-10/h2-5,9,12-13H,6-7H2,1H3. The summed E-state index contributed by atoms with van der Waals surface area (Å²) in [5.41, 5.74) is 0. The maximum atomic E-state index is 11.7. The van der Waals surface area contributed by atoms with Gasteiger partial charge in [0.25, 0.3) is 0 Å². The fraction of sp³-hybridized carbons (Fsp3) is 0.400. The molecule has 1 aromatic carbocycles. The zero-order valence-electron chi connectivity index (χ0n) is 9.26. The van der Waals surface area contributed by atoms with E-state index in [1.807, 2.05) is 0 Å². The molecule has 0 aromatic heterocycles. The van der Waals surface area contributed by atoms with E-state index < -0.39 is 16.1 Å². The Labute approximate surface area is 105 Å². The van der Waals surface area contributed by atoms with Crippen molar-refractivity contribution in [1.29, 1.82) is 0 Å². The van der Waals surface area contributed by atoms with E-state index in [-0.39, 0.29) is 18.0 Å². The summed E-state index contributed by atoms with van der Waals surface area (Å²) >= 11 is 5.66. The predicted molar refractivity (Wildman–Crippen MR) is 64.5 cm³/mol. The van der Waals surface area contributed by atoms with Crippen LogP contribution < -0.4 is 4.72 Å². The average molecular weight is 280 g/mol. The molecule has 0 aliphatic carbocycles. The second-order valence-electron chi connectivity index (χ2n) is 3.41. The summed E-state index contributed by atoms with van der Waals surface area (Å²) in [6.07, 6.45) is -0.873. The van der Waals surface area contributed by atoms with E-state index >= 15 is 0 Å². The number of hydrogen-bond donors (Lipinski definition) is 2. The van der Waals surface area contributed by atoms with Gasteiger partial charge in [-0.3, -0.25) is 0 Å². The molecule has 0 saturated carbocycles. The number of halogens is 1. The number of aliphatic hydroxyl groups excluding tert-OH is 1. The minimum Gasteiger partial charge on any atom is -0.389 e. The second-order valence-corrected chi connectivity index (χ2v) is 5.62. The summed E-state index contributed by atoms with van der Waals surface area (Å²) in [6.45, 7) is -0.0259. The van der Waals surface area contributed by atoms with Gasteiger partial charge in [0.1, 0.15) is 0 Å². The van der Waals surface area contributed by atoms with Crippen molar-refractivity contribution in [3.63, 3.8) is 0 Å². The molecule has 0 amide bonds. The van der Waals surface area contributed by atoms with E-state index in [0.717, 1.165) is 0 Å². The third kappa shape index (κ3) is 4.61. The van der Waals surface area contributed by atoms with Gasteiger partial charge in [-0.15, -0.1) is 0 Å². The molecule has 1 atom stereocenters. The van der Waals surface area contributed by atoms with Crippen LogP contribution in [0.15, 0.2) is 29.2 Å². The first-order valence-corrected chi connectivity index (χ1v) is 6.74. The van der Waals surface area contributed by atoms with Gasteiger partial charge in [0.15, 0.2) is 0 Å². The summed E-state index contributed by atoms with van der Waals surface area (Å²) in [5.74, 6) is 0. The molecular formula is C10H14ClNO4S. The Hall–Kier alpha value is -0.660. The average Bonchev–Trinajstić information content (AvgIpc) is 2.28. The van der Waals surface area contributed by atoms with Gasteiger partial charge in [0.2, 0.25) is 10.0 Å². The van der Waals surface area contributed by atoms with Crippen LogP contribution in [-0.4, -0.2) is 39.9 Å². The summed E-state index contributed by atoms with van der Waals surface area (Å²) in [4.78, 5) is 0.103. The van der Waals surface area contributed by atoms with Gasteiger partial charge in [0.05, 0.1) is 17.6 Å². The maximum absolute atomic E-state index is 11.7. The lowest BCUT2D eigenvalue weighted by atomic mass is 10.4. The van der Waals surface area contributed by atoms with Crippen molar-refractivity contribution in [1.82, 2.24) is 4.72 Å². The van der Waals surface area contributed by atoms with Gasteiger partial charge < -0.3 is 9.84 Å². The summed E-state index contributed by atoms with van der Waals surface area (Å²) < 4.78 is 30.5. The molecule has 0 aliphatic heterocycles. The molecular weight excluding hydrogens is 266 g/mol. The monoisotopic (exact) mass is 279 g/mol. The van der Waals surface area contributed by atoms with Gasteiger partial charge in [-0.05, 0) is 24.3 Å². The Balaban J connectivity index is 2.66. The summed E-state index contributed by atoms with van der Waals surface area (Å²) in [5, 5.41) is 9.79. The van der Waals surface area contributed by atoms with E-state index in [9.17, 15) is 13.5 Å². The molecule has 5 nitrogen and oxygen atoms in total. The topological polar surface area (TPSA) is 75.6 Å². The van der Waals surface area contributed by atoms with Crippen molar-refractivity contribution in [2.45, 2.75) is 11.0 Å².